The Hall–Kier alpha value is -1.96. The van der Waals surface area contributed by atoms with Crippen LogP contribution in [0.1, 0.15) is 12.8 Å². The van der Waals surface area contributed by atoms with Crippen molar-refractivity contribution in [3.05, 3.63) is 48.1 Å². The highest BCUT2D eigenvalue weighted by molar-refractivity contribution is 5.24. The number of rotatable bonds is 6. The summed E-state index contributed by atoms with van der Waals surface area (Å²) in [6.45, 7) is 7.03. The minimum Gasteiger partial charge on any atom is -0.394 e. The lowest BCUT2D eigenvalue weighted by Crippen LogP contribution is -2.47. The highest BCUT2D eigenvalue weighted by atomic mass is 16.6. The molecule has 0 aliphatic carbocycles. The third kappa shape index (κ3) is 2.58. The molecular formula is C15H21N3O4. The Morgan fingerprint density at radius 1 is 1.50 bits per heavy atom. The van der Waals surface area contributed by atoms with Crippen LogP contribution in [-0.2, 0) is 10.5 Å². The summed E-state index contributed by atoms with van der Waals surface area (Å²) < 4.78 is 7.19. The van der Waals surface area contributed by atoms with E-state index in [4.69, 9.17) is 10.5 Å². The van der Waals surface area contributed by atoms with E-state index in [9.17, 15) is 15.0 Å². The van der Waals surface area contributed by atoms with E-state index in [2.05, 4.69) is 18.1 Å². The van der Waals surface area contributed by atoms with Gasteiger partial charge in [0.2, 0.25) is 0 Å². The number of aliphatic hydroxyl groups excluding tert-OH is 2. The fraction of sp³-hybridized carbons (Fsp3) is 0.467. The van der Waals surface area contributed by atoms with Crippen molar-refractivity contribution in [3.8, 4) is 0 Å². The zero-order valence-electron chi connectivity index (χ0n) is 12.3. The molecule has 4 N–H and O–H groups in total. The van der Waals surface area contributed by atoms with Gasteiger partial charge in [0.05, 0.1) is 12.7 Å². The van der Waals surface area contributed by atoms with Gasteiger partial charge < -0.3 is 20.7 Å². The lowest BCUT2D eigenvalue weighted by atomic mass is 9.86. The Morgan fingerprint density at radius 3 is 2.77 bits per heavy atom. The van der Waals surface area contributed by atoms with Crippen molar-refractivity contribution in [1.29, 1.82) is 0 Å². The number of nitrogens with zero attached hydrogens (tertiary/aromatic N) is 2. The minimum atomic E-state index is -1.18. The van der Waals surface area contributed by atoms with Crippen molar-refractivity contribution >= 4 is 5.82 Å². The second kappa shape index (κ2) is 6.43. The molecule has 7 heteroatoms. The van der Waals surface area contributed by atoms with Gasteiger partial charge in [0.15, 0.2) is 5.72 Å². The molecule has 1 aliphatic heterocycles. The Kier molecular flexibility index (Phi) is 4.80. The van der Waals surface area contributed by atoms with Crippen LogP contribution < -0.4 is 11.4 Å². The number of nitrogens with two attached hydrogens (primary N) is 1. The average molecular weight is 307 g/mol. The SMILES string of the molecule is C=CC[C@@H]1[C@H](O)[C@@H](CO)O[C@@]1(CC=C)n1ccc(N)nc1=O. The van der Waals surface area contributed by atoms with Crippen LogP contribution in [0.3, 0.4) is 0 Å². The van der Waals surface area contributed by atoms with Crippen LogP contribution in [0.15, 0.2) is 42.4 Å². The van der Waals surface area contributed by atoms with E-state index in [0.29, 0.717) is 6.42 Å². The van der Waals surface area contributed by atoms with Crippen LogP contribution in [0.2, 0.25) is 0 Å². The van der Waals surface area contributed by atoms with Gasteiger partial charge in [0.1, 0.15) is 11.9 Å². The third-order valence-electron chi connectivity index (χ3n) is 4.00. The van der Waals surface area contributed by atoms with E-state index < -0.39 is 29.5 Å². The van der Waals surface area contributed by atoms with E-state index in [-0.39, 0.29) is 18.8 Å². The number of anilines is 1. The summed E-state index contributed by atoms with van der Waals surface area (Å²) in [6, 6.07) is 1.49. The maximum Gasteiger partial charge on any atom is 0.351 e. The van der Waals surface area contributed by atoms with E-state index in [0.717, 1.165) is 0 Å². The van der Waals surface area contributed by atoms with Crippen molar-refractivity contribution in [2.24, 2.45) is 5.92 Å². The lowest BCUT2D eigenvalue weighted by molar-refractivity contribution is -0.130. The second-order valence-corrected chi connectivity index (χ2v) is 5.30. The number of allylic oxidation sites excluding steroid dienone is 1. The van der Waals surface area contributed by atoms with Crippen LogP contribution in [0, 0.1) is 5.92 Å². The molecule has 0 radical (unpaired) electrons. The molecule has 0 amide bonds. The molecule has 0 spiro atoms. The van der Waals surface area contributed by atoms with E-state index >= 15 is 0 Å². The highest BCUT2D eigenvalue weighted by Gasteiger charge is 2.54. The smallest absolute Gasteiger partial charge is 0.351 e. The highest BCUT2D eigenvalue weighted by Crippen LogP contribution is 2.44. The molecule has 0 bridgehead atoms. The van der Waals surface area contributed by atoms with Gasteiger partial charge in [-0.1, -0.05) is 12.2 Å². The monoisotopic (exact) mass is 307 g/mol. The van der Waals surface area contributed by atoms with Crippen LogP contribution in [0.4, 0.5) is 5.82 Å². The number of aliphatic hydroxyl groups is 2. The van der Waals surface area contributed by atoms with E-state index in [1.807, 2.05) is 0 Å². The molecule has 1 aromatic heterocycles. The summed E-state index contributed by atoms with van der Waals surface area (Å²) in [6.07, 6.45) is 3.67. The Bertz CT molecular complexity index is 615. The molecule has 1 fully saturated rings. The van der Waals surface area contributed by atoms with Gasteiger partial charge in [0, 0.05) is 18.5 Å². The number of aromatic nitrogens is 2. The third-order valence-corrected chi connectivity index (χ3v) is 4.00. The molecular weight excluding hydrogens is 286 g/mol. The number of hydrogen-bond donors (Lipinski definition) is 3. The zero-order valence-corrected chi connectivity index (χ0v) is 12.3. The van der Waals surface area contributed by atoms with Crippen LogP contribution in [0.25, 0.3) is 0 Å². The Balaban J connectivity index is 2.61. The molecule has 7 nitrogen and oxygen atoms in total. The van der Waals surface area contributed by atoms with Crippen LogP contribution in [-0.4, -0.2) is 38.6 Å². The molecule has 2 rings (SSSR count). The summed E-state index contributed by atoms with van der Waals surface area (Å²) in [5.74, 6) is -0.365. The van der Waals surface area contributed by atoms with Gasteiger partial charge in [-0.2, -0.15) is 4.98 Å². The number of nitrogen functional groups attached to an aromatic ring is 1. The maximum atomic E-state index is 12.2. The first kappa shape index (κ1) is 16.4. The normalized spacial score (nSPS) is 31.1. The van der Waals surface area contributed by atoms with Gasteiger partial charge in [0.25, 0.3) is 0 Å². The summed E-state index contributed by atoms with van der Waals surface area (Å²) >= 11 is 0. The quantitative estimate of drug-likeness (QED) is 0.638. The molecule has 4 atom stereocenters. The fourth-order valence-corrected chi connectivity index (χ4v) is 3.04. The molecule has 0 aromatic carbocycles. The van der Waals surface area contributed by atoms with Crippen molar-refractivity contribution < 1.29 is 14.9 Å². The predicted octanol–water partition coefficient (Wildman–Crippen LogP) is -0.00130. The number of ether oxygens (including phenoxy) is 1. The molecule has 1 saturated heterocycles. The summed E-state index contributed by atoms with van der Waals surface area (Å²) in [4.78, 5) is 16.0. The topological polar surface area (TPSA) is 111 Å². The van der Waals surface area contributed by atoms with Gasteiger partial charge in [-0.3, -0.25) is 4.57 Å². The number of hydrogen-bond acceptors (Lipinski definition) is 6. The molecule has 22 heavy (non-hydrogen) atoms. The maximum absolute atomic E-state index is 12.2. The molecule has 0 saturated carbocycles. The molecule has 2 heterocycles. The minimum absolute atomic E-state index is 0.104. The summed E-state index contributed by atoms with van der Waals surface area (Å²) in [5.41, 5.74) is 3.76. The molecule has 1 aromatic rings. The molecule has 1 aliphatic rings. The standard InChI is InChI=1S/C15H21N3O4/c1-3-5-10-13(20)11(9-19)22-15(10,7-4-2)18-8-6-12(16)17-14(18)21/h3-4,6,8,10-11,13,19-20H,1-2,5,7,9H2,(H2,16,17,21)/t10-,11-,13+,15-/m1/s1. The lowest BCUT2D eigenvalue weighted by Gasteiger charge is -2.35. The van der Waals surface area contributed by atoms with Crippen molar-refractivity contribution in [2.45, 2.75) is 30.8 Å². The van der Waals surface area contributed by atoms with Gasteiger partial charge >= 0.3 is 5.69 Å². The largest absolute Gasteiger partial charge is 0.394 e. The Labute approximate surface area is 128 Å². The predicted molar refractivity (Wildman–Crippen MR) is 82.0 cm³/mol. The van der Waals surface area contributed by atoms with E-state index in [1.54, 1.807) is 12.2 Å². The summed E-state index contributed by atoms with van der Waals surface area (Å²) in [7, 11) is 0. The summed E-state index contributed by atoms with van der Waals surface area (Å²) in [5, 5.41) is 19.8. The van der Waals surface area contributed by atoms with Gasteiger partial charge in [-0.05, 0) is 12.5 Å². The first-order chi connectivity index (χ1) is 10.5. The van der Waals surface area contributed by atoms with E-state index in [1.165, 1.54) is 16.8 Å². The first-order valence-corrected chi connectivity index (χ1v) is 7.04. The van der Waals surface area contributed by atoms with Crippen molar-refractivity contribution in [3.63, 3.8) is 0 Å². The molecule has 120 valence electrons. The molecule has 0 unspecified atom stereocenters. The van der Waals surface area contributed by atoms with Crippen molar-refractivity contribution in [1.82, 2.24) is 9.55 Å². The van der Waals surface area contributed by atoms with Gasteiger partial charge in [-0.15, -0.1) is 13.2 Å². The van der Waals surface area contributed by atoms with Crippen molar-refractivity contribution in [2.75, 3.05) is 12.3 Å². The first-order valence-electron chi connectivity index (χ1n) is 7.04. The fourth-order valence-electron chi connectivity index (χ4n) is 3.04. The van der Waals surface area contributed by atoms with Gasteiger partial charge in [-0.25, -0.2) is 4.79 Å². The van der Waals surface area contributed by atoms with Crippen LogP contribution in [0.5, 0.6) is 0 Å². The Morgan fingerprint density at radius 2 is 2.23 bits per heavy atom. The zero-order chi connectivity index (χ0) is 16.3. The average Bonchev–Trinajstić information content (AvgIpc) is 2.74. The van der Waals surface area contributed by atoms with Crippen LogP contribution >= 0.6 is 0 Å². The second-order valence-electron chi connectivity index (χ2n) is 5.30.